The SMILES string of the molecule is NC1=NC(=O)c2ccc3c(c21)OC12C=C(S(=O)c4ccccc4)C=CC1=CC=CC2=C3. The Bertz CT molecular complexity index is 1390. The second kappa shape index (κ2) is 6.36. The maximum Gasteiger partial charge on any atom is 0.279 e. The first-order valence-corrected chi connectivity index (χ1v) is 11.0. The highest BCUT2D eigenvalue weighted by Gasteiger charge is 2.45. The topological polar surface area (TPSA) is 81.8 Å². The number of aliphatic imine (C=N–C) groups is 1. The van der Waals surface area contributed by atoms with E-state index in [1.165, 1.54) is 0 Å². The minimum Gasteiger partial charge on any atom is -0.472 e. The monoisotopic (exact) mass is 424 g/mol. The predicted octanol–water partition coefficient (Wildman–Crippen LogP) is 3.82. The van der Waals surface area contributed by atoms with Gasteiger partial charge in [0.05, 0.1) is 21.9 Å². The molecule has 0 aromatic heterocycles. The summed E-state index contributed by atoms with van der Waals surface area (Å²) in [7, 11) is -1.36. The molecule has 0 saturated heterocycles. The van der Waals surface area contributed by atoms with Crippen molar-refractivity contribution >= 4 is 28.6 Å². The van der Waals surface area contributed by atoms with Gasteiger partial charge in [0.15, 0.2) is 5.60 Å². The maximum absolute atomic E-state index is 13.3. The van der Waals surface area contributed by atoms with Crippen LogP contribution in [-0.2, 0) is 10.8 Å². The molecule has 0 bridgehead atoms. The molecule has 31 heavy (non-hydrogen) atoms. The molecule has 6 heteroatoms. The molecule has 5 nitrogen and oxygen atoms in total. The fourth-order valence-corrected chi connectivity index (χ4v) is 5.48. The lowest BCUT2D eigenvalue weighted by molar-refractivity contribution is 0.101. The molecule has 2 heterocycles. The molecule has 2 atom stereocenters. The Kier molecular flexibility index (Phi) is 3.70. The summed E-state index contributed by atoms with van der Waals surface area (Å²) in [5, 5.41) is 0. The number of nitrogens with two attached hydrogens (primary N) is 1. The summed E-state index contributed by atoms with van der Waals surface area (Å²) < 4.78 is 19.9. The average Bonchev–Trinajstić information content (AvgIpc) is 3.09. The van der Waals surface area contributed by atoms with Crippen LogP contribution < -0.4 is 10.5 Å². The van der Waals surface area contributed by atoms with Crippen LogP contribution in [0.4, 0.5) is 0 Å². The fraction of sp³-hybridized carbons (Fsp3) is 0.0400. The average molecular weight is 424 g/mol. The van der Waals surface area contributed by atoms with Crippen molar-refractivity contribution in [1.82, 2.24) is 0 Å². The van der Waals surface area contributed by atoms with Crippen molar-refractivity contribution in [3.63, 3.8) is 0 Å². The van der Waals surface area contributed by atoms with E-state index in [2.05, 4.69) is 4.99 Å². The molecular weight excluding hydrogens is 408 g/mol. The maximum atomic E-state index is 13.3. The zero-order valence-electron chi connectivity index (χ0n) is 16.2. The summed E-state index contributed by atoms with van der Waals surface area (Å²) in [4.78, 5) is 17.5. The van der Waals surface area contributed by atoms with Gasteiger partial charge in [-0.3, -0.25) is 4.79 Å². The minimum atomic E-state index is -1.36. The number of hydrogen-bond acceptors (Lipinski definition) is 4. The van der Waals surface area contributed by atoms with Gasteiger partial charge in [-0.05, 0) is 36.4 Å². The van der Waals surface area contributed by atoms with E-state index in [0.717, 1.165) is 21.6 Å². The summed E-state index contributed by atoms with van der Waals surface area (Å²) in [6.45, 7) is 0. The number of fused-ring (bicyclic) bond motifs is 3. The van der Waals surface area contributed by atoms with Gasteiger partial charge in [-0.15, -0.1) is 0 Å². The van der Waals surface area contributed by atoms with Crippen LogP contribution in [0, 0.1) is 0 Å². The zero-order valence-corrected chi connectivity index (χ0v) is 17.1. The number of amidine groups is 1. The van der Waals surface area contributed by atoms with Gasteiger partial charge in [0.2, 0.25) is 0 Å². The summed E-state index contributed by atoms with van der Waals surface area (Å²) in [6, 6.07) is 12.9. The molecular formula is C25H16N2O3S. The van der Waals surface area contributed by atoms with Crippen molar-refractivity contribution in [3.05, 3.63) is 112 Å². The first-order valence-electron chi connectivity index (χ1n) is 9.80. The van der Waals surface area contributed by atoms with E-state index in [0.29, 0.717) is 21.8 Å². The molecule has 1 amide bonds. The summed E-state index contributed by atoms with van der Waals surface area (Å²) in [5.74, 6) is 0.312. The second-order valence-corrected chi connectivity index (χ2v) is 9.07. The molecule has 150 valence electrons. The van der Waals surface area contributed by atoms with Crippen molar-refractivity contribution in [3.8, 4) is 5.75 Å². The Morgan fingerprint density at radius 1 is 1.00 bits per heavy atom. The lowest BCUT2D eigenvalue weighted by Crippen LogP contribution is -2.42. The Balaban J connectivity index is 1.53. The van der Waals surface area contributed by atoms with Crippen LogP contribution in [0.1, 0.15) is 21.5 Å². The lowest BCUT2D eigenvalue weighted by atomic mass is 9.77. The van der Waals surface area contributed by atoms with E-state index < -0.39 is 16.4 Å². The number of nitrogens with zero attached hydrogens (tertiary/aromatic N) is 1. The third kappa shape index (κ3) is 2.52. The molecule has 2 aromatic rings. The van der Waals surface area contributed by atoms with Gasteiger partial charge >= 0.3 is 0 Å². The van der Waals surface area contributed by atoms with E-state index in [1.807, 2.05) is 78.9 Å². The zero-order chi connectivity index (χ0) is 21.2. The van der Waals surface area contributed by atoms with Crippen molar-refractivity contribution in [2.24, 2.45) is 10.7 Å². The van der Waals surface area contributed by atoms with E-state index in [4.69, 9.17) is 10.5 Å². The number of carbonyl (C=O) groups excluding carboxylic acids is 1. The Labute approximate surface area is 181 Å². The standard InChI is InChI=1S/C25H16N2O3S/c26-23-21-20(24(28)27-23)12-9-15-13-17-6-4-5-16-10-11-19(14-25(16,17)30-22(15)21)31(29)18-7-2-1-3-8-18/h1-14H,(H2,26,27,28). The van der Waals surface area contributed by atoms with Gasteiger partial charge in [0, 0.05) is 26.5 Å². The molecule has 4 aliphatic rings. The predicted molar refractivity (Wildman–Crippen MR) is 120 cm³/mol. The number of rotatable bonds is 2. The normalized spacial score (nSPS) is 23.3. The molecule has 2 N–H and O–H groups in total. The van der Waals surface area contributed by atoms with Crippen LogP contribution in [0.3, 0.4) is 0 Å². The number of hydrogen-bond donors (Lipinski definition) is 1. The Morgan fingerprint density at radius 2 is 1.84 bits per heavy atom. The number of ether oxygens (including phenoxy) is 1. The van der Waals surface area contributed by atoms with Crippen molar-refractivity contribution in [1.29, 1.82) is 0 Å². The third-order valence-electron chi connectivity index (χ3n) is 5.82. The van der Waals surface area contributed by atoms with Crippen LogP contribution in [0.2, 0.25) is 0 Å². The smallest absolute Gasteiger partial charge is 0.279 e. The van der Waals surface area contributed by atoms with Crippen molar-refractivity contribution < 1.29 is 13.7 Å². The molecule has 2 aliphatic carbocycles. The Morgan fingerprint density at radius 3 is 2.68 bits per heavy atom. The molecule has 2 aliphatic heterocycles. The Hall–Kier alpha value is -3.77. The molecule has 2 unspecified atom stereocenters. The lowest BCUT2D eigenvalue weighted by Gasteiger charge is -2.41. The van der Waals surface area contributed by atoms with Crippen molar-refractivity contribution in [2.75, 3.05) is 0 Å². The highest BCUT2D eigenvalue weighted by molar-refractivity contribution is 7.89. The van der Waals surface area contributed by atoms with Gasteiger partial charge in [0.25, 0.3) is 5.91 Å². The minimum absolute atomic E-state index is 0.158. The van der Waals surface area contributed by atoms with Gasteiger partial charge in [-0.2, -0.15) is 4.99 Å². The second-order valence-electron chi connectivity index (χ2n) is 7.59. The molecule has 1 spiro atoms. The van der Waals surface area contributed by atoms with Gasteiger partial charge in [0.1, 0.15) is 11.6 Å². The van der Waals surface area contributed by atoms with E-state index in [1.54, 1.807) is 6.07 Å². The van der Waals surface area contributed by atoms with E-state index in [9.17, 15) is 9.00 Å². The highest BCUT2D eigenvalue weighted by Crippen LogP contribution is 2.48. The first kappa shape index (κ1) is 18.0. The van der Waals surface area contributed by atoms with Crippen molar-refractivity contribution in [2.45, 2.75) is 10.5 Å². The van der Waals surface area contributed by atoms with Crippen LogP contribution in [0.5, 0.6) is 5.75 Å². The van der Waals surface area contributed by atoms with Gasteiger partial charge in [-0.25, -0.2) is 4.21 Å². The molecule has 0 saturated carbocycles. The molecule has 0 radical (unpaired) electrons. The number of allylic oxidation sites excluding steroid dienone is 3. The highest BCUT2D eigenvalue weighted by atomic mass is 32.2. The van der Waals surface area contributed by atoms with Gasteiger partial charge in [-0.1, -0.05) is 48.6 Å². The fourth-order valence-electron chi connectivity index (χ4n) is 4.34. The van der Waals surface area contributed by atoms with E-state index in [-0.39, 0.29) is 11.7 Å². The van der Waals surface area contributed by atoms with Crippen LogP contribution in [0.15, 0.2) is 105 Å². The first-order chi connectivity index (χ1) is 15.1. The van der Waals surface area contributed by atoms with Crippen LogP contribution in [-0.4, -0.2) is 21.6 Å². The number of benzene rings is 2. The number of amides is 1. The van der Waals surface area contributed by atoms with E-state index >= 15 is 0 Å². The quantitative estimate of drug-likeness (QED) is 0.795. The summed E-state index contributed by atoms with van der Waals surface area (Å²) in [5.41, 5.74) is 8.74. The summed E-state index contributed by atoms with van der Waals surface area (Å²) in [6.07, 6.45) is 13.7. The van der Waals surface area contributed by atoms with Gasteiger partial charge < -0.3 is 10.5 Å². The third-order valence-corrected chi connectivity index (χ3v) is 7.21. The molecule has 0 fully saturated rings. The summed E-state index contributed by atoms with van der Waals surface area (Å²) >= 11 is 0. The molecule has 2 aromatic carbocycles. The van der Waals surface area contributed by atoms with Crippen LogP contribution in [0.25, 0.3) is 6.08 Å². The number of carbonyl (C=O) groups is 1. The largest absolute Gasteiger partial charge is 0.472 e. The van der Waals surface area contributed by atoms with Crippen LogP contribution >= 0.6 is 0 Å². The molecule has 6 rings (SSSR count).